The number of hydrogen-bond acceptors (Lipinski definition) is 6. The number of nitrogens with zero attached hydrogens (tertiary/aromatic N) is 1. The highest BCUT2D eigenvalue weighted by Crippen LogP contribution is 2.57. The van der Waals surface area contributed by atoms with Crippen molar-refractivity contribution < 1.29 is 29.0 Å². The van der Waals surface area contributed by atoms with Crippen molar-refractivity contribution in [3.8, 4) is 11.5 Å². The Hall–Kier alpha value is -2.82. The highest BCUT2D eigenvalue weighted by Gasteiger charge is 2.57. The number of carbonyl (C=O) groups excluding carboxylic acids is 4. The number of ketones is 2. The summed E-state index contributed by atoms with van der Waals surface area (Å²) in [4.78, 5) is 55.5. The quantitative estimate of drug-likeness (QED) is 0.242. The van der Waals surface area contributed by atoms with E-state index in [2.05, 4.69) is 47.8 Å². The van der Waals surface area contributed by atoms with E-state index in [1.807, 2.05) is 6.08 Å². The molecule has 6 rings (SSSR count). The Morgan fingerprint density at radius 3 is 2.36 bits per heavy atom. The molecule has 0 radical (unpaired) electrons. The second-order valence-corrected chi connectivity index (χ2v) is 12.6. The van der Waals surface area contributed by atoms with Crippen LogP contribution >= 0.6 is 47.8 Å². The molecule has 2 aromatic rings. The predicted octanol–water partition coefficient (Wildman–Crippen LogP) is 5.89. The lowest BCUT2D eigenvalue weighted by molar-refractivity contribution is -0.123. The molecule has 39 heavy (non-hydrogen) atoms. The van der Waals surface area contributed by atoms with Crippen molar-refractivity contribution in [3.05, 3.63) is 84.3 Å². The van der Waals surface area contributed by atoms with Gasteiger partial charge in [-0.05, 0) is 71.1 Å². The number of hydrogen-bond donors (Lipinski definition) is 1. The third-order valence-electron chi connectivity index (χ3n) is 8.02. The van der Waals surface area contributed by atoms with Crippen LogP contribution in [-0.4, -0.2) is 35.6 Å². The Bertz CT molecular complexity index is 1590. The maximum absolute atomic E-state index is 13.9. The van der Waals surface area contributed by atoms with Crippen molar-refractivity contribution in [2.45, 2.75) is 18.8 Å². The highest BCUT2D eigenvalue weighted by atomic mass is 79.9. The SMILES string of the molecule is COc1cc(Br)cc([C@H]2C3=CC[C@@H]4C(=O)N(c5ccc(Br)cc5)C(=O)[C@@H]4[C@@H]3CC3=C2C(=O)C=C(Br)C3=O)c1O. The molecule has 0 spiro atoms. The molecule has 1 fully saturated rings. The molecule has 1 heterocycles. The number of Topliss-reactive ketones (excluding diaryl/α,β-unsaturated/α-hetero) is 1. The number of ether oxygens (including phenoxy) is 1. The maximum atomic E-state index is 13.9. The zero-order valence-electron chi connectivity index (χ0n) is 20.4. The molecule has 10 heteroatoms. The number of anilines is 1. The lowest BCUT2D eigenvalue weighted by Gasteiger charge is -2.42. The largest absolute Gasteiger partial charge is 0.504 e. The van der Waals surface area contributed by atoms with Crippen molar-refractivity contribution in [2.24, 2.45) is 17.8 Å². The summed E-state index contributed by atoms with van der Waals surface area (Å²) in [6, 6.07) is 10.3. The van der Waals surface area contributed by atoms with Gasteiger partial charge in [0.05, 0.1) is 29.1 Å². The average molecular weight is 718 g/mol. The van der Waals surface area contributed by atoms with Crippen molar-refractivity contribution in [2.75, 3.05) is 12.0 Å². The lowest BCUT2D eigenvalue weighted by atomic mass is 9.59. The summed E-state index contributed by atoms with van der Waals surface area (Å²) in [5, 5.41) is 11.2. The first-order chi connectivity index (χ1) is 18.6. The molecule has 3 aliphatic carbocycles. The van der Waals surface area contributed by atoms with E-state index >= 15 is 0 Å². The Balaban J connectivity index is 1.52. The topological polar surface area (TPSA) is 101 Å². The number of phenols is 1. The van der Waals surface area contributed by atoms with Crippen molar-refractivity contribution in [3.63, 3.8) is 0 Å². The van der Waals surface area contributed by atoms with Gasteiger partial charge in [-0.15, -0.1) is 0 Å². The molecular formula is C29H20Br3NO6. The van der Waals surface area contributed by atoms with Gasteiger partial charge in [-0.1, -0.05) is 43.5 Å². The monoisotopic (exact) mass is 715 g/mol. The molecule has 0 aromatic heterocycles. The van der Waals surface area contributed by atoms with Crippen LogP contribution in [-0.2, 0) is 19.2 Å². The van der Waals surface area contributed by atoms with Crippen LogP contribution in [0.1, 0.15) is 24.3 Å². The third kappa shape index (κ3) is 4.02. The second kappa shape index (κ2) is 9.67. The molecule has 0 bridgehead atoms. The van der Waals surface area contributed by atoms with Crippen molar-refractivity contribution in [1.82, 2.24) is 0 Å². The number of phenolic OH excluding ortho intramolecular Hbond substituents is 1. The molecule has 1 N–H and O–H groups in total. The van der Waals surface area contributed by atoms with E-state index in [4.69, 9.17) is 4.74 Å². The van der Waals surface area contributed by atoms with Crippen LogP contribution in [0.4, 0.5) is 5.69 Å². The van der Waals surface area contributed by atoms with Crippen LogP contribution in [0, 0.1) is 17.8 Å². The van der Waals surface area contributed by atoms with Gasteiger partial charge in [0, 0.05) is 37.6 Å². The van der Waals surface area contributed by atoms with E-state index in [0.717, 1.165) is 10.0 Å². The number of allylic oxidation sites excluding steroid dienone is 6. The Morgan fingerprint density at radius 2 is 1.67 bits per heavy atom. The van der Waals surface area contributed by atoms with Gasteiger partial charge < -0.3 is 9.84 Å². The first-order valence-corrected chi connectivity index (χ1v) is 14.6. The first kappa shape index (κ1) is 26.4. The second-order valence-electron chi connectivity index (χ2n) is 9.93. The van der Waals surface area contributed by atoms with Crippen LogP contribution < -0.4 is 9.64 Å². The highest BCUT2D eigenvalue weighted by molar-refractivity contribution is 9.12. The lowest BCUT2D eigenvalue weighted by Crippen LogP contribution is -2.39. The molecule has 1 aliphatic heterocycles. The number of amides is 2. The Morgan fingerprint density at radius 1 is 0.949 bits per heavy atom. The summed E-state index contributed by atoms with van der Waals surface area (Å²) >= 11 is 10.1. The number of imide groups is 1. The molecule has 0 saturated carbocycles. The number of methoxy groups -OCH3 is 1. The summed E-state index contributed by atoms with van der Waals surface area (Å²) in [5.41, 5.74) is 2.19. The fourth-order valence-electron chi connectivity index (χ4n) is 6.38. The number of aromatic hydroxyl groups is 1. The molecule has 4 atom stereocenters. The number of benzene rings is 2. The number of halogens is 3. The van der Waals surface area contributed by atoms with Crippen LogP contribution in [0.3, 0.4) is 0 Å². The Labute approximate surface area is 249 Å². The molecule has 2 amide bonds. The van der Waals surface area contributed by atoms with Gasteiger partial charge in [-0.3, -0.25) is 24.1 Å². The van der Waals surface area contributed by atoms with Crippen LogP contribution in [0.25, 0.3) is 0 Å². The van der Waals surface area contributed by atoms with Gasteiger partial charge in [-0.25, -0.2) is 0 Å². The normalized spacial score (nSPS) is 26.2. The van der Waals surface area contributed by atoms with Crippen LogP contribution in [0.2, 0.25) is 0 Å². The minimum atomic E-state index is -0.788. The van der Waals surface area contributed by atoms with E-state index in [1.54, 1.807) is 36.4 Å². The van der Waals surface area contributed by atoms with Crippen LogP contribution in [0.5, 0.6) is 11.5 Å². The third-order valence-corrected chi connectivity index (χ3v) is 9.59. The van der Waals surface area contributed by atoms with Gasteiger partial charge in [0.1, 0.15) is 0 Å². The summed E-state index contributed by atoms with van der Waals surface area (Å²) in [6.07, 6.45) is 3.62. The summed E-state index contributed by atoms with van der Waals surface area (Å²) in [5.74, 6) is -3.82. The van der Waals surface area contributed by atoms with Crippen molar-refractivity contribution in [1.29, 1.82) is 0 Å². The average Bonchev–Trinajstić information content (AvgIpc) is 3.17. The van der Waals surface area contributed by atoms with Gasteiger partial charge in [0.15, 0.2) is 23.1 Å². The van der Waals surface area contributed by atoms with Gasteiger partial charge in [0.2, 0.25) is 11.8 Å². The Kier molecular flexibility index (Phi) is 6.55. The van der Waals surface area contributed by atoms with E-state index in [0.29, 0.717) is 27.7 Å². The molecular weight excluding hydrogens is 698 g/mol. The van der Waals surface area contributed by atoms with E-state index in [9.17, 15) is 24.3 Å². The first-order valence-electron chi connectivity index (χ1n) is 12.2. The minimum absolute atomic E-state index is 0.144. The van der Waals surface area contributed by atoms with Crippen molar-refractivity contribution >= 4 is 76.9 Å². The summed E-state index contributed by atoms with van der Waals surface area (Å²) in [7, 11) is 1.43. The smallest absolute Gasteiger partial charge is 0.238 e. The van der Waals surface area contributed by atoms with Gasteiger partial charge >= 0.3 is 0 Å². The fourth-order valence-corrected chi connectivity index (χ4v) is 7.54. The maximum Gasteiger partial charge on any atom is 0.238 e. The molecule has 1 saturated heterocycles. The van der Waals surface area contributed by atoms with E-state index < -0.39 is 23.7 Å². The van der Waals surface area contributed by atoms with Gasteiger partial charge in [0.25, 0.3) is 0 Å². The molecule has 198 valence electrons. The predicted molar refractivity (Wildman–Crippen MR) is 154 cm³/mol. The number of fused-ring (bicyclic) bond motifs is 3. The zero-order chi connectivity index (χ0) is 27.7. The summed E-state index contributed by atoms with van der Waals surface area (Å²) < 4.78 is 6.96. The van der Waals surface area contributed by atoms with Crippen LogP contribution in [0.15, 0.2) is 78.7 Å². The fraction of sp³-hybridized carbons (Fsp3) is 0.241. The summed E-state index contributed by atoms with van der Waals surface area (Å²) in [6.45, 7) is 0. The zero-order valence-corrected chi connectivity index (χ0v) is 25.2. The van der Waals surface area contributed by atoms with E-state index in [1.165, 1.54) is 18.1 Å². The standard InChI is InChI=1S/C29H20Br3NO6/c1-39-22-9-13(31)8-18(27(22)36)23-15-6-7-16-24(17(15)10-19-25(23)21(34)11-20(32)26(19)35)29(38)33(28(16)37)14-4-2-12(30)3-5-14/h2-6,8-9,11,16-17,23-24,36H,7,10H2,1H3/t16-,17+,23+,24-/m0/s1. The number of rotatable bonds is 3. The van der Waals surface area contributed by atoms with E-state index in [-0.39, 0.29) is 51.4 Å². The molecule has 2 aromatic carbocycles. The molecule has 7 nitrogen and oxygen atoms in total. The molecule has 0 unspecified atom stereocenters. The number of carbonyl (C=O) groups is 4. The molecule has 4 aliphatic rings. The minimum Gasteiger partial charge on any atom is -0.504 e. The van der Waals surface area contributed by atoms with Gasteiger partial charge in [-0.2, -0.15) is 0 Å².